The molecule has 1 fully saturated rings. The zero-order chi connectivity index (χ0) is 18.0. The minimum atomic E-state index is -0.139. The summed E-state index contributed by atoms with van der Waals surface area (Å²) in [6.45, 7) is 6.68. The van der Waals surface area contributed by atoms with Gasteiger partial charge in [0.15, 0.2) is 5.78 Å². The molecule has 0 spiro atoms. The molecule has 0 aliphatic carbocycles. The lowest BCUT2D eigenvalue weighted by Crippen LogP contribution is -2.48. The number of hydrogen-bond donors (Lipinski definition) is 2. The highest BCUT2D eigenvalue weighted by Crippen LogP contribution is 2.20. The number of amides is 1. The van der Waals surface area contributed by atoms with Crippen molar-refractivity contribution in [1.29, 1.82) is 0 Å². The molecule has 0 radical (unpaired) electrons. The lowest BCUT2D eigenvalue weighted by Gasteiger charge is -2.33. The molecule has 25 heavy (non-hydrogen) atoms. The van der Waals surface area contributed by atoms with E-state index >= 15 is 0 Å². The molecule has 1 atom stereocenters. The average Bonchev–Trinajstić information content (AvgIpc) is 2.90. The predicted molar refractivity (Wildman–Crippen MR) is 95.0 cm³/mol. The van der Waals surface area contributed by atoms with Crippen LogP contribution in [0.5, 0.6) is 0 Å². The SMILES string of the molecule is CC(=O)c1[nH]c(C)c(C(=O)N[C@H]2CCCN(c3ncccn3)C2)c1C. The predicted octanol–water partition coefficient (Wildman–Crippen LogP) is 2.02. The van der Waals surface area contributed by atoms with Crippen molar-refractivity contribution in [2.24, 2.45) is 0 Å². The number of rotatable bonds is 4. The number of Topliss-reactive ketones (excluding diaryl/α,β-unsaturated/α-hetero) is 1. The molecular formula is C18H23N5O2. The number of aromatic nitrogens is 3. The summed E-state index contributed by atoms with van der Waals surface area (Å²) in [4.78, 5) is 38.1. The van der Waals surface area contributed by atoms with Gasteiger partial charge in [0, 0.05) is 44.1 Å². The molecule has 7 heteroatoms. The first-order valence-electron chi connectivity index (χ1n) is 8.50. The van der Waals surface area contributed by atoms with E-state index in [4.69, 9.17) is 0 Å². The Morgan fingerprint density at radius 1 is 1.28 bits per heavy atom. The van der Waals surface area contributed by atoms with Crippen molar-refractivity contribution >= 4 is 17.6 Å². The summed E-state index contributed by atoms with van der Waals surface area (Å²) < 4.78 is 0. The first kappa shape index (κ1) is 17.1. The topological polar surface area (TPSA) is 91.0 Å². The Bertz CT molecular complexity index is 784. The first-order valence-corrected chi connectivity index (χ1v) is 8.50. The maximum Gasteiger partial charge on any atom is 0.253 e. The highest BCUT2D eigenvalue weighted by Gasteiger charge is 2.26. The van der Waals surface area contributed by atoms with Crippen LogP contribution in [0.4, 0.5) is 5.95 Å². The van der Waals surface area contributed by atoms with Crippen molar-refractivity contribution < 1.29 is 9.59 Å². The lowest BCUT2D eigenvalue weighted by atomic mass is 10.0. The fraction of sp³-hybridized carbons (Fsp3) is 0.444. The maximum atomic E-state index is 12.7. The molecule has 0 aromatic carbocycles. The van der Waals surface area contributed by atoms with Crippen molar-refractivity contribution in [3.63, 3.8) is 0 Å². The van der Waals surface area contributed by atoms with E-state index in [9.17, 15) is 9.59 Å². The fourth-order valence-corrected chi connectivity index (χ4v) is 3.43. The second kappa shape index (κ2) is 7.04. The molecule has 132 valence electrons. The number of H-pyrrole nitrogens is 1. The Morgan fingerprint density at radius 2 is 2.00 bits per heavy atom. The molecule has 1 amide bonds. The summed E-state index contributed by atoms with van der Waals surface area (Å²) in [6.07, 6.45) is 5.32. The summed E-state index contributed by atoms with van der Waals surface area (Å²) in [5, 5.41) is 3.10. The van der Waals surface area contributed by atoms with Crippen molar-refractivity contribution in [3.05, 3.63) is 41.0 Å². The van der Waals surface area contributed by atoms with Crippen LogP contribution in [0.15, 0.2) is 18.5 Å². The van der Waals surface area contributed by atoms with E-state index in [2.05, 4.69) is 25.2 Å². The van der Waals surface area contributed by atoms with Gasteiger partial charge in [0.1, 0.15) is 0 Å². The second-order valence-corrected chi connectivity index (χ2v) is 6.49. The van der Waals surface area contributed by atoms with Crippen LogP contribution in [-0.2, 0) is 0 Å². The molecule has 2 aromatic rings. The quantitative estimate of drug-likeness (QED) is 0.830. The Labute approximate surface area is 146 Å². The zero-order valence-corrected chi connectivity index (χ0v) is 14.8. The van der Waals surface area contributed by atoms with Crippen LogP contribution in [0.25, 0.3) is 0 Å². The van der Waals surface area contributed by atoms with E-state index in [0.29, 0.717) is 29.3 Å². The smallest absolute Gasteiger partial charge is 0.253 e. The van der Waals surface area contributed by atoms with Crippen molar-refractivity contribution in [2.75, 3.05) is 18.0 Å². The summed E-state index contributed by atoms with van der Waals surface area (Å²) >= 11 is 0. The highest BCUT2D eigenvalue weighted by atomic mass is 16.2. The van der Waals surface area contributed by atoms with Crippen LogP contribution < -0.4 is 10.2 Å². The summed E-state index contributed by atoms with van der Waals surface area (Å²) in [6, 6.07) is 1.82. The van der Waals surface area contributed by atoms with Gasteiger partial charge in [-0.1, -0.05) is 0 Å². The van der Waals surface area contributed by atoms with Gasteiger partial charge in [0.25, 0.3) is 5.91 Å². The number of nitrogens with one attached hydrogen (secondary N) is 2. The van der Waals surface area contributed by atoms with Gasteiger partial charge in [-0.2, -0.15) is 0 Å². The van der Waals surface area contributed by atoms with Gasteiger partial charge < -0.3 is 15.2 Å². The minimum absolute atomic E-state index is 0.0273. The first-order chi connectivity index (χ1) is 12.0. The van der Waals surface area contributed by atoms with Gasteiger partial charge in [-0.15, -0.1) is 0 Å². The van der Waals surface area contributed by atoms with E-state index in [1.807, 2.05) is 6.92 Å². The Balaban J connectivity index is 1.72. The monoisotopic (exact) mass is 341 g/mol. The average molecular weight is 341 g/mol. The molecule has 1 aliphatic rings. The Kier molecular flexibility index (Phi) is 4.83. The van der Waals surface area contributed by atoms with Crippen LogP contribution in [-0.4, -0.2) is 45.8 Å². The van der Waals surface area contributed by atoms with E-state index < -0.39 is 0 Å². The number of aryl methyl sites for hydroxylation is 1. The second-order valence-electron chi connectivity index (χ2n) is 6.49. The minimum Gasteiger partial charge on any atom is -0.355 e. The lowest BCUT2D eigenvalue weighted by molar-refractivity contribution is 0.0932. The summed E-state index contributed by atoms with van der Waals surface area (Å²) in [5.41, 5.74) is 2.50. The highest BCUT2D eigenvalue weighted by molar-refractivity contribution is 6.02. The van der Waals surface area contributed by atoms with Crippen LogP contribution >= 0.6 is 0 Å². The number of anilines is 1. The number of ketones is 1. The number of aromatic amines is 1. The molecule has 3 rings (SSSR count). The van der Waals surface area contributed by atoms with E-state index in [0.717, 1.165) is 25.1 Å². The number of nitrogens with zero attached hydrogens (tertiary/aromatic N) is 3. The van der Waals surface area contributed by atoms with Crippen molar-refractivity contribution in [2.45, 2.75) is 39.7 Å². The van der Waals surface area contributed by atoms with Gasteiger partial charge >= 0.3 is 0 Å². The van der Waals surface area contributed by atoms with E-state index in [1.54, 1.807) is 25.4 Å². The van der Waals surface area contributed by atoms with Gasteiger partial charge in [0.2, 0.25) is 5.95 Å². The fourth-order valence-electron chi connectivity index (χ4n) is 3.43. The molecule has 1 saturated heterocycles. The number of carbonyl (C=O) groups excluding carboxylic acids is 2. The van der Waals surface area contributed by atoms with Crippen LogP contribution in [0.2, 0.25) is 0 Å². The third kappa shape index (κ3) is 3.55. The van der Waals surface area contributed by atoms with Crippen molar-refractivity contribution in [3.8, 4) is 0 Å². The molecule has 1 aliphatic heterocycles. The van der Waals surface area contributed by atoms with Crippen LogP contribution in [0, 0.1) is 13.8 Å². The van der Waals surface area contributed by atoms with E-state index in [-0.39, 0.29) is 17.7 Å². The molecule has 0 bridgehead atoms. The normalized spacial score (nSPS) is 17.4. The number of hydrogen-bond acceptors (Lipinski definition) is 5. The van der Waals surface area contributed by atoms with Gasteiger partial charge in [-0.25, -0.2) is 9.97 Å². The zero-order valence-electron chi connectivity index (χ0n) is 14.8. The van der Waals surface area contributed by atoms with Gasteiger partial charge in [-0.05, 0) is 38.3 Å². The molecule has 3 heterocycles. The molecule has 0 saturated carbocycles. The standard InChI is InChI=1S/C18H23N5O2/c1-11-15(12(2)21-16(11)13(3)24)17(25)22-14-6-4-9-23(10-14)18-19-7-5-8-20-18/h5,7-8,14,21H,4,6,9-10H2,1-3H3,(H,22,25)/t14-/m0/s1. The summed E-state index contributed by atoms with van der Waals surface area (Å²) in [5.74, 6) is 0.485. The van der Waals surface area contributed by atoms with Crippen LogP contribution in [0.3, 0.4) is 0 Å². The largest absolute Gasteiger partial charge is 0.355 e. The third-order valence-corrected chi connectivity index (χ3v) is 4.61. The summed E-state index contributed by atoms with van der Waals surface area (Å²) in [7, 11) is 0. The number of carbonyl (C=O) groups is 2. The van der Waals surface area contributed by atoms with Crippen LogP contribution in [0.1, 0.15) is 51.9 Å². The molecule has 7 nitrogen and oxygen atoms in total. The maximum absolute atomic E-state index is 12.7. The molecule has 0 unspecified atom stereocenters. The van der Waals surface area contributed by atoms with E-state index in [1.165, 1.54) is 6.92 Å². The molecular weight excluding hydrogens is 318 g/mol. The number of piperidine rings is 1. The Morgan fingerprint density at radius 3 is 2.64 bits per heavy atom. The van der Waals surface area contributed by atoms with Crippen molar-refractivity contribution in [1.82, 2.24) is 20.3 Å². The Hall–Kier alpha value is -2.70. The third-order valence-electron chi connectivity index (χ3n) is 4.61. The van der Waals surface area contributed by atoms with Gasteiger partial charge in [-0.3, -0.25) is 9.59 Å². The molecule has 2 N–H and O–H groups in total. The molecule has 2 aromatic heterocycles. The van der Waals surface area contributed by atoms with Gasteiger partial charge in [0.05, 0.1) is 11.3 Å².